The van der Waals surface area contributed by atoms with E-state index >= 15 is 0 Å². The molecule has 5 rings (SSSR count). The number of aromatic amines is 1. The molecule has 1 atom stereocenters. The van der Waals surface area contributed by atoms with Gasteiger partial charge in [0.2, 0.25) is 0 Å². The van der Waals surface area contributed by atoms with Gasteiger partial charge in [0, 0.05) is 39.3 Å². The molecule has 36 heavy (non-hydrogen) atoms. The number of likely N-dealkylation sites (tertiary alicyclic amines) is 1. The van der Waals surface area contributed by atoms with Gasteiger partial charge in [-0.15, -0.1) is 0 Å². The lowest BCUT2D eigenvalue weighted by molar-refractivity contribution is -0.139. The van der Waals surface area contributed by atoms with E-state index in [1.165, 1.54) is 4.90 Å². The highest BCUT2D eigenvalue weighted by Crippen LogP contribution is 2.40. The number of hydrogen-bond donors (Lipinski definition) is 2. The largest absolute Gasteiger partial charge is 0.507 e. The topological polar surface area (TPSA) is 82.6 Å². The molecule has 1 aromatic heterocycles. The first-order chi connectivity index (χ1) is 17.4. The monoisotopic (exact) mass is 520 g/mol. The van der Waals surface area contributed by atoms with Crippen LogP contribution in [0.4, 0.5) is 0 Å². The number of amides is 1. The molecular weight excluding hydrogens is 499 g/mol. The Morgan fingerprint density at radius 2 is 1.67 bits per heavy atom. The van der Waals surface area contributed by atoms with Crippen molar-refractivity contribution in [3.63, 3.8) is 0 Å². The molecule has 3 aromatic carbocycles. The molecule has 1 amide bonds. The maximum Gasteiger partial charge on any atom is 0.295 e. The highest BCUT2D eigenvalue weighted by atomic mass is 35.5. The maximum absolute atomic E-state index is 13.2. The summed E-state index contributed by atoms with van der Waals surface area (Å²) >= 11 is 12.1. The van der Waals surface area contributed by atoms with Crippen molar-refractivity contribution in [2.24, 2.45) is 0 Å². The number of fused-ring (bicyclic) bond motifs is 1. The molecule has 0 spiro atoms. The molecule has 0 bridgehead atoms. The number of ketones is 1. The van der Waals surface area contributed by atoms with Crippen LogP contribution in [-0.2, 0) is 16.0 Å². The molecule has 2 heterocycles. The predicted octanol–water partition coefficient (Wildman–Crippen LogP) is 6.15. The molecule has 0 aliphatic carbocycles. The van der Waals surface area contributed by atoms with Gasteiger partial charge in [0.1, 0.15) is 11.5 Å². The van der Waals surface area contributed by atoms with Crippen LogP contribution in [0.1, 0.15) is 22.7 Å². The highest BCUT2D eigenvalue weighted by Gasteiger charge is 2.45. The summed E-state index contributed by atoms with van der Waals surface area (Å²) in [7, 11) is 1.61. The molecular formula is C28H22Cl2N2O4. The number of Topliss-reactive ketones (excluding diaryl/α,β-unsaturated/α-hetero) is 1. The first-order valence-corrected chi connectivity index (χ1v) is 12.1. The third kappa shape index (κ3) is 4.34. The number of rotatable bonds is 6. The van der Waals surface area contributed by atoms with Gasteiger partial charge in [-0.25, -0.2) is 0 Å². The number of aliphatic hydroxyl groups is 1. The number of ether oxygens (including phenoxy) is 1. The molecule has 1 fully saturated rings. The number of halogens is 2. The number of aromatic nitrogens is 1. The number of benzene rings is 3. The van der Waals surface area contributed by atoms with Crippen LogP contribution in [0.2, 0.25) is 10.0 Å². The van der Waals surface area contributed by atoms with Gasteiger partial charge in [-0.1, -0.05) is 35.3 Å². The SMILES string of the molecule is COc1ccc2[nH]cc(CCN3C(=O)C(=O)/C(=C(\O)c4ccc(Cl)cc4)C3c3ccc(Cl)cc3)c2c1. The zero-order valence-electron chi connectivity index (χ0n) is 19.3. The summed E-state index contributed by atoms with van der Waals surface area (Å²) in [6.45, 7) is 0.263. The Morgan fingerprint density at radius 3 is 2.33 bits per heavy atom. The first-order valence-electron chi connectivity index (χ1n) is 11.3. The van der Waals surface area contributed by atoms with Crippen molar-refractivity contribution in [1.29, 1.82) is 0 Å². The summed E-state index contributed by atoms with van der Waals surface area (Å²) in [6.07, 6.45) is 2.39. The van der Waals surface area contributed by atoms with E-state index in [-0.39, 0.29) is 17.9 Å². The quantitative estimate of drug-likeness (QED) is 0.181. The summed E-state index contributed by atoms with van der Waals surface area (Å²) in [6, 6.07) is 18.4. The lowest BCUT2D eigenvalue weighted by Crippen LogP contribution is -2.31. The summed E-state index contributed by atoms with van der Waals surface area (Å²) < 4.78 is 5.35. The number of nitrogens with zero attached hydrogens (tertiary/aromatic N) is 1. The fourth-order valence-corrected chi connectivity index (χ4v) is 4.85. The molecule has 1 saturated heterocycles. The van der Waals surface area contributed by atoms with E-state index in [0.717, 1.165) is 22.2 Å². The van der Waals surface area contributed by atoms with Crippen LogP contribution in [-0.4, -0.2) is 40.3 Å². The van der Waals surface area contributed by atoms with Crippen molar-refractivity contribution in [3.8, 4) is 5.75 Å². The first kappa shape index (κ1) is 24.0. The molecule has 0 saturated carbocycles. The van der Waals surface area contributed by atoms with Crippen molar-refractivity contribution in [1.82, 2.24) is 9.88 Å². The minimum absolute atomic E-state index is 0.0326. The van der Waals surface area contributed by atoms with Gasteiger partial charge in [-0.3, -0.25) is 9.59 Å². The number of H-pyrrole nitrogens is 1. The van der Waals surface area contributed by atoms with E-state index in [1.54, 1.807) is 55.6 Å². The van der Waals surface area contributed by atoms with Crippen molar-refractivity contribution < 1.29 is 19.4 Å². The van der Waals surface area contributed by atoms with Crippen LogP contribution in [0.3, 0.4) is 0 Å². The highest BCUT2D eigenvalue weighted by molar-refractivity contribution is 6.46. The molecule has 0 radical (unpaired) electrons. The summed E-state index contributed by atoms with van der Waals surface area (Å²) in [4.78, 5) is 31.2. The number of methoxy groups -OCH3 is 1. The molecule has 8 heteroatoms. The Kier molecular flexibility index (Phi) is 6.48. The number of carbonyl (C=O) groups is 2. The Morgan fingerprint density at radius 1 is 1.00 bits per heavy atom. The third-order valence-electron chi connectivity index (χ3n) is 6.44. The van der Waals surface area contributed by atoms with Gasteiger partial charge < -0.3 is 19.7 Å². The lowest BCUT2D eigenvalue weighted by atomic mass is 9.95. The van der Waals surface area contributed by atoms with Gasteiger partial charge in [-0.2, -0.15) is 0 Å². The van der Waals surface area contributed by atoms with Crippen molar-refractivity contribution in [2.75, 3.05) is 13.7 Å². The second-order valence-corrected chi connectivity index (χ2v) is 9.40. The molecule has 182 valence electrons. The lowest BCUT2D eigenvalue weighted by Gasteiger charge is -2.25. The zero-order chi connectivity index (χ0) is 25.4. The molecule has 1 unspecified atom stereocenters. The van der Waals surface area contributed by atoms with E-state index in [2.05, 4.69) is 4.98 Å². The predicted molar refractivity (Wildman–Crippen MR) is 140 cm³/mol. The second-order valence-electron chi connectivity index (χ2n) is 8.53. The fraction of sp³-hybridized carbons (Fsp3) is 0.143. The van der Waals surface area contributed by atoms with Gasteiger partial charge in [0.25, 0.3) is 11.7 Å². The van der Waals surface area contributed by atoms with Crippen LogP contribution < -0.4 is 4.74 Å². The molecule has 1 aliphatic rings. The maximum atomic E-state index is 13.2. The zero-order valence-corrected chi connectivity index (χ0v) is 20.8. The van der Waals surface area contributed by atoms with Gasteiger partial charge in [0.15, 0.2) is 0 Å². The Bertz CT molecular complexity index is 1490. The van der Waals surface area contributed by atoms with E-state index < -0.39 is 17.7 Å². The van der Waals surface area contributed by atoms with E-state index in [0.29, 0.717) is 27.6 Å². The van der Waals surface area contributed by atoms with Gasteiger partial charge >= 0.3 is 0 Å². The second kappa shape index (κ2) is 9.72. The third-order valence-corrected chi connectivity index (χ3v) is 6.94. The average molecular weight is 521 g/mol. The normalized spacial score (nSPS) is 17.2. The summed E-state index contributed by atoms with van der Waals surface area (Å²) in [5.41, 5.74) is 3.04. The van der Waals surface area contributed by atoms with E-state index in [1.807, 2.05) is 24.4 Å². The van der Waals surface area contributed by atoms with Crippen LogP contribution in [0, 0.1) is 0 Å². The van der Waals surface area contributed by atoms with Crippen LogP contribution in [0.5, 0.6) is 5.75 Å². The molecule has 1 aliphatic heterocycles. The average Bonchev–Trinajstić information content (AvgIpc) is 3.40. The van der Waals surface area contributed by atoms with Crippen LogP contribution in [0.25, 0.3) is 16.7 Å². The summed E-state index contributed by atoms with van der Waals surface area (Å²) in [5.74, 6) is -0.914. The van der Waals surface area contributed by atoms with Crippen molar-refractivity contribution in [3.05, 3.63) is 105 Å². The Hall–Kier alpha value is -3.74. The number of carbonyl (C=O) groups excluding carboxylic acids is 2. The Balaban J connectivity index is 1.55. The van der Waals surface area contributed by atoms with Crippen LogP contribution >= 0.6 is 23.2 Å². The van der Waals surface area contributed by atoms with Gasteiger partial charge in [-0.05, 0) is 72.1 Å². The number of nitrogens with one attached hydrogen (secondary N) is 1. The van der Waals surface area contributed by atoms with E-state index in [4.69, 9.17) is 27.9 Å². The minimum Gasteiger partial charge on any atom is -0.507 e. The number of aliphatic hydroxyl groups excluding tert-OH is 1. The smallest absolute Gasteiger partial charge is 0.295 e. The van der Waals surface area contributed by atoms with E-state index in [9.17, 15) is 14.7 Å². The minimum atomic E-state index is -0.766. The Labute approximate surface area is 217 Å². The standard InChI is InChI=1S/C28H22Cl2N2O4/c1-36-21-10-11-23-22(14-21)18(15-31-23)12-13-32-25(16-2-6-19(29)7-3-16)24(27(34)28(32)35)26(33)17-4-8-20(30)9-5-17/h2-11,14-15,25,31,33H,12-13H2,1H3/b26-24-. The van der Waals surface area contributed by atoms with Crippen molar-refractivity contribution in [2.45, 2.75) is 12.5 Å². The molecule has 4 aromatic rings. The van der Waals surface area contributed by atoms with Crippen molar-refractivity contribution >= 4 is 51.6 Å². The van der Waals surface area contributed by atoms with Gasteiger partial charge in [0.05, 0.1) is 18.7 Å². The summed E-state index contributed by atoms with van der Waals surface area (Å²) in [5, 5.41) is 13.2. The fourth-order valence-electron chi connectivity index (χ4n) is 4.60. The molecule has 2 N–H and O–H groups in total. The van der Waals surface area contributed by atoms with Crippen LogP contribution in [0.15, 0.2) is 78.5 Å². The molecule has 6 nitrogen and oxygen atoms in total. The number of hydrogen-bond acceptors (Lipinski definition) is 4.